The molecule has 0 bridgehead atoms. The summed E-state index contributed by atoms with van der Waals surface area (Å²) in [6.45, 7) is 1.01. The molecule has 0 spiro atoms. The van der Waals surface area contributed by atoms with Gasteiger partial charge in [-0.1, -0.05) is 0 Å². The van der Waals surface area contributed by atoms with Crippen molar-refractivity contribution in [1.82, 2.24) is 0 Å². The maximum absolute atomic E-state index is 12.0. The van der Waals surface area contributed by atoms with Crippen molar-refractivity contribution in [2.24, 2.45) is 0 Å². The predicted molar refractivity (Wildman–Crippen MR) is 88.0 cm³/mol. The van der Waals surface area contributed by atoms with E-state index in [2.05, 4.69) is 0 Å². The number of aromatic hydroxyl groups is 6. The largest absolute Gasteiger partial charge is 0.504 e. The third kappa shape index (κ3) is 4.42. The van der Waals surface area contributed by atoms with E-state index in [9.17, 15) is 40.2 Å². The van der Waals surface area contributed by atoms with Gasteiger partial charge in [0.25, 0.3) is 0 Å². The first-order valence-corrected chi connectivity index (χ1v) is 7.48. The summed E-state index contributed by atoms with van der Waals surface area (Å²) in [5, 5.41) is 56.0. The zero-order valence-electron chi connectivity index (χ0n) is 13.9. The van der Waals surface area contributed by atoms with Gasteiger partial charge in [0.05, 0.1) is 11.1 Å². The Morgan fingerprint density at radius 3 is 1.56 bits per heavy atom. The molecular formula is C17H16O10. The number of hydrogen-bond donors (Lipinski definition) is 6. The molecule has 0 radical (unpaired) electrons. The van der Waals surface area contributed by atoms with E-state index >= 15 is 0 Å². The summed E-state index contributed by atoms with van der Waals surface area (Å²) in [6, 6.07) is 3.54. The number of hydrogen-bond acceptors (Lipinski definition) is 10. The van der Waals surface area contributed by atoms with E-state index in [1.807, 2.05) is 0 Å². The molecule has 1 unspecified atom stereocenters. The van der Waals surface area contributed by atoms with E-state index < -0.39 is 52.5 Å². The van der Waals surface area contributed by atoms with Gasteiger partial charge >= 0.3 is 11.9 Å². The predicted octanol–water partition coefficient (Wildman–Crippen LogP) is 1.32. The van der Waals surface area contributed by atoms with Crippen molar-refractivity contribution in [3.05, 3.63) is 35.4 Å². The van der Waals surface area contributed by atoms with Gasteiger partial charge in [0, 0.05) is 0 Å². The maximum Gasteiger partial charge on any atom is 0.338 e. The third-order valence-corrected chi connectivity index (χ3v) is 3.37. The number of carbonyl (C=O) groups is 2. The Balaban J connectivity index is 1.97. The van der Waals surface area contributed by atoms with Crippen molar-refractivity contribution in [3.8, 4) is 34.5 Å². The van der Waals surface area contributed by atoms with Crippen LogP contribution in [0, 0.1) is 0 Å². The molecule has 0 saturated carbocycles. The van der Waals surface area contributed by atoms with Gasteiger partial charge in [-0.3, -0.25) is 0 Å². The first kappa shape index (κ1) is 19.5. The zero-order chi connectivity index (χ0) is 20.3. The second-order valence-corrected chi connectivity index (χ2v) is 5.54. The highest BCUT2D eigenvalue weighted by Gasteiger charge is 2.19. The molecule has 0 saturated heterocycles. The van der Waals surface area contributed by atoms with E-state index in [0.29, 0.717) is 0 Å². The third-order valence-electron chi connectivity index (χ3n) is 3.37. The Kier molecular flexibility index (Phi) is 5.49. The number of esters is 2. The Labute approximate surface area is 152 Å². The number of rotatable bonds is 5. The van der Waals surface area contributed by atoms with Crippen LogP contribution in [-0.2, 0) is 9.47 Å². The standard InChI is InChI=1S/C17H16O10/c1-7(27-17(25)9-4-12(20)15(23)13(21)5-9)6-26-16(24)8-2-10(18)14(22)11(19)3-8/h2-5,7,18-23H,6H2,1H3. The summed E-state index contributed by atoms with van der Waals surface area (Å²) >= 11 is 0. The summed E-state index contributed by atoms with van der Waals surface area (Å²) in [6.07, 6.45) is -0.932. The molecule has 10 heteroatoms. The van der Waals surface area contributed by atoms with Crippen LogP contribution in [0.3, 0.4) is 0 Å². The minimum absolute atomic E-state index is 0.241. The molecule has 10 nitrogen and oxygen atoms in total. The highest BCUT2D eigenvalue weighted by atomic mass is 16.6. The lowest BCUT2D eigenvalue weighted by Crippen LogP contribution is -2.22. The van der Waals surface area contributed by atoms with Crippen LogP contribution in [-0.4, -0.2) is 55.3 Å². The fourth-order valence-corrected chi connectivity index (χ4v) is 2.01. The van der Waals surface area contributed by atoms with Crippen molar-refractivity contribution < 1.29 is 49.7 Å². The molecule has 27 heavy (non-hydrogen) atoms. The molecule has 0 fully saturated rings. The van der Waals surface area contributed by atoms with E-state index in [1.54, 1.807) is 0 Å². The van der Waals surface area contributed by atoms with Gasteiger partial charge in [0.2, 0.25) is 0 Å². The normalized spacial score (nSPS) is 11.6. The summed E-state index contributed by atoms with van der Waals surface area (Å²) in [5.41, 5.74) is -0.482. The van der Waals surface area contributed by atoms with E-state index in [0.717, 1.165) is 24.3 Å². The van der Waals surface area contributed by atoms with Gasteiger partial charge in [-0.2, -0.15) is 0 Å². The first-order chi connectivity index (χ1) is 12.6. The van der Waals surface area contributed by atoms with Gasteiger partial charge in [-0.15, -0.1) is 0 Å². The fraction of sp³-hybridized carbons (Fsp3) is 0.176. The number of benzene rings is 2. The number of phenolic OH excluding ortho intramolecular Hbond substituents is 6. The molecule has 0 heterocycles. The summed E-state index contributed by atoms with van der Waals surface area (Å²) in [4.78, 5) is 23.8. The first-order valence-electron chi connectivity index (χ1n) is 7.48. The minimum atomic E-state index is -0.955. The minimum Gasteiger partial charge on any atom is -0.504 e. The van der Waals surface area contributed by atoms with Crippen LogP contribution < -0.4 is 0 Å². The van der Waals surface area contributed by atoms with Gasteiger partial charge in [0.15, 0.2) is 34.5 Å². The SMILES string of the molecule is CC(COC(=O)c1cc(O)c(O)c(O)c1)OC(=O)c1cc(O)c(O)c(O)c1. The van der Waals surface area contributed by atoms with Crippen LogP contribution in [0.1, 0.15) is 27.6 Å². The Morgan fingerprint density at radius 1 is 0.778 bits per heavy atom. The zero-order valence-corrected chi connectivity index (χ0v) is 13.9. The maximum atomic E-state index is 12.0. The van der Waals surface area contributed by atoms with Gasteiger partial charge < -0.3 is 40.1 Å². The molecule has 0 aliphatic carbocycles. The second kappa shape index (κ2) is 7.60. The lowest BCUT2D eigenvalue weighted by atomic mass is 10.2. The Hall–Kier alpha value is -3.82. The topological polar surface area (TPSA) is 174 Å². The van der Waals surface area contributed by atoms with Crippen LogP contribution in [0.4, 0.5) is 0 Å². The lowest BCUT2D eigenvalue weighted by molar-refractivity contribution is 0.00441. The molecule has 144 valence electrons. The van der Waals surface area contributed by atoms with Crippen molar-refractivity contribution in [2.75, 3.05) is 6.61 Å². The van der Waals surface area contributed by atoms with Gasteiger partial charge in [-0.25, -0.2) is 9.59 Å². The van der Waals surface area contributed by atoms with Crippen molar-refractivity contribution in [1.29, 1.82) is 0 Å². The van der Waals surface area contributed by atoms with Crippen LogP contribution in [0.25, 0.3) is 0 Å². The van der Waals surface area contributed by atoms with E-state index in [4.69, 9.17) is 9.47 Å². The Morgan fingerprint density at radius 2 is 1.15 bits per heavy atom. The summed E-state index contributed by atoms with van der Waals surface area (Å²) < 4.78 is 9.86. The van der Waals surface area contributed by atoms with Crippen LogP contribution >= 0.6 is 0 Å². The second-order valence-electron chi connectivity index (χ2n) is 5.54. The Bertz CT molecular complexity index is 843. The van der Waals surface area contributed by atoms with Crippen molar-refractivity contribution in [3.63, 3.8) is 0 Å². The van der Waals surface area contributed by atoms with Crippen molar-refractivity contribution >= 4 is 11.9 Å². The molecule has 2 aromatic carbocycles. The van der Waals surface area contributed by atoms with E-state index in [-0.39, 0.29) is 17.7 Å². The van der Waals surface area contributed by atoms with Gasteiger partial charge in [0.1, 0.15) is 12.7 Å². The molecule has 0 amide bonds. The fourth-order valence-electron chi connectivity index (χ4n) is 2.01. The molecule has 6 N–H and O–H groups in total. The molecule has 2 aromatic rings. The average molecular weight is 380 g/mol. The molecule has 2 rings (SSSR count). The van der Waals surface area contributed by atoms with Gasteiger partial charge in [-0.05, 0) is 31.2 Å². The molecular weight excluding hydrogens is 364 g/mol. The van der Waals surface area contributed by atoms with Crippen LogP contribution in [0.15, 0.2) is 24.3 Å². The smallest absolute Gasteiger partial charge is 0.338 e. The molecule has 0 aromatic heterocycles. The molecule has 1 atom stereocenters. The summed E-state index contributed by atoms with van der Waals surface area (Å²) in [5.74, 6) is -6.33. The number of phenols is 6. The van der Waals surface area contributed by atoms with Crippen molar-refractivity contribution in [2.45, 2.75) is 13.0 Å². The number of ether oxygens (including phenoxy) is 2. The highest BCUT2D eigenvalue weighted by molar-refractivity contribution is 5.92. The molecule has 0 aliphatic rings. The lowest BCUT2D eigenvalue weighted by Gasteiger charge is -2.14. The quantitative estimate of drug-likeness (QED) is 0.328. The van der Waals surface area contributed by atoms with Crippen LogP contribution in [0.2, 0.25) is 0 Å². The number of carbonyl (C=O) groups excluding carboxylic acids is 2. The van der Waals surface area contributed by atoms with Crippen LogP contribution in [0.5, 0.6) is 34.5 Å². The summed E-state index contributed by atoms with van der Waals surface area (Å²) in [7, 11) is 0. The monoisotopic (exact) mass is 380 g/mol. The average Bonchev–Trinajstić information content (AvgIpc) is 2.61. The molecule has 0 aliphatic heterocycles. The van der Waals surface area contributed by atoms with E-state index in [1.165, 1.54) is 6.92 Å². The highest BCUT2D eigenvalue weighted by Crippen LogP contribution is 2.36.